The number of nitrogens with one attached hydrogen (secondary N) is 1. The lowest BCUT2D eigenvalue weighted by Gasteiger charge is -2.14. The second-order valence-electron chi connectivity index (χ2n) is 5.08. The third kappa shape index (κ3) is 3.50. The van der Waals surface area contributed by atoms with Crippen molar-refractivity contribution in [2.24, 2.45) is 0 Å². The zero-order valence-electron chi connectivity index (χ0n) is 11.0. The molecule has 0 radical (unpaired) electrons. The molecule has 1 aromatic heterocycles. The summed E-state index contributed by atoms with van der Waals surface area (Å²) in [5.41, 5.74) is 2.23. The predicted molar refractivity (Wildman–Crippen MR) is 70.0 cm³/mol. The lowest BCUT2D eigenvalue weighted by molar-refractivity contribution is 0.554. The molecule has 0 atom stereocenters. The first-order valence-electron chi connectivity index (χ1n) is 6.78. The van der Waals surface area contributed by atoms with Gasteiger partial charge in [0.2, 0.25) is 0 Å². The van der Waals surface area contributed by atoms with Gasteiger partial charge in [0, 0.05) is 18.2 Å². The van der Waals surface area contributed by atoms with Gasteiger partial charge in [0.15, 0.2) is 0 Å². The fraction of sp³-hybridized carbons (Fsp3) is 0.714. The van der Waals surface area contributed by atoms with Crippen molar-refractivity contribution in [2.45, 2.75) is 57.9 Å². The average Bonchev–Trinajstić information content (AvgIpc) is 2.57. The van der Waals surface area contributed by atoms with Crippen LogP contribution in [-0.4, -0.2) is 17.0 Å². The molecule has 1 fully saturated rings. The summed E-state index contributed by atoms with van der Waals surface area (Å²) in [5, 5.41) is 3.16. The molecule has 0 unspecified atom stereocenters. The van der Waals surface area contributed by atoms with E-state index in [0.29, 0.717) is 5.92 Å². The molecule has 0 bridgehead atoms. The molecule has 3 nitrogen and oxygen atoms in total. The van der Waals surface area contributed by atoms with Gasteiger partial charge in [-0.2, -0.15) is 0 Å². The molecule has 1 aliphatic carbocycles. The van der Waals surface area contributed by atoms with Crippen LogP contribution < -0.4 is 5.32 Å². The summed E-state index contributed by atoms with van der Waals surface area (Å²) in [5.74, 6) is 1.67. The number of hydrogen-bond donors (Lipinski definition) is 1. The Labute approximate surface area is 104 Å². The van der Waals surface area contributed by atoms with E-state index in [1.54, 1.807) is 0 Å². The maximum absolute atomic E-state index is 4.72. The molecule has 1 aromatic rings. The normalized spacial score (nSPS) is 18.0. The predicted octanol–water partition coefficient (Wildman–Crippen LogP) is 2.94. The Balaban J connectivity index is 2.17. The summed E-state index contributed by atoms with van der Waals surface area (Å²) in [4.78, 5) is 9.36. The van der Waals surface area contributed by atoms with E-state index in [1.165, 1.54) is 38.5 Å². The minimum Gasteiger partial charge on any atom is -0.314 e. The number of nitrogens with zero attached hydrogens (tertiary/aromatic N) is 2. The summed E-state index contributed by atoms with van der Waals surface area (Å²) in [7, 11) is 1.96. The average molecular weight is 233 g/mol. The third-order valence-electron chi connectivity index (χ3n) is 3.50. The van der Waals surface area contributed by atoms with Crippen molar-refractivity contribution in [3.05, 3.63) is 23.3 Å². The molecule has 0 spiro atoms. The van der Waals surface area contributed by atoms with E-state index in [9.17, 15) is 0 Å². The quantitative estimate of drug-likeness (QED) is 0.816. The number of aryl methyl sites for hydroxylation is 1. The first-order valence-corrected chi connectivity index (χ1v) is 6.78. The first-order chi connectivity index (χ1) is 8.29. The Morgan fingerprint density at radius 2 is 1.88 bits per heavy atom. The van der Waals surface area contributed by atoms with Gasteiger partial charge >= 0.3 is 0 Å². The summed E-state index contributed by atoms with van der Waals surface area (Å²) in [6, 6.07) is 2.08. The first kappa shape index (κ1) is 12.5. The Morgan fingerprint density at radius 3 is 2.53 bits per heavy atom. The van der Waals surface area contributed by atoms with Gasteiger partial charge < -0.3 is 5.32 Å². The summed E-state index contributed by atoms with van der Waals surface area (Å²) < 4.78 is 0. The highest BCUT2D eigenvalue weighted by atomic mass is 14.9. The topological polar surface area (TPSA) is 37.8 Å². The molecule has 94 valence electrons. The smallest absolute Gasteiger partial charge is 0.131 e. The fourth-order valence-corrected chi connectivity index (χ4v) is 2.65. The molecule has 2 rings (SSSR count). The van der Waals surface area contributed by atoms with E-state index in [-0.39, 0.29) is 0 Å². The number of rotatable bonds is 3. The van der Waals surface area contributed by atoms with Crippen LogP contribution in [0.4, 0.5) is 0 Å². The lowest BCUT2D eigenvalue weighted by atomic mass is 9.99. The molecular formula is C14H23N3. The minimum atomic E-state index is 0.591. The Morgan fingerprint density at radius 1 is 1.18 bits per heavy atom. The maximum Gasteiger partial charge on any atom is 0.131 e. The van der Waals surface area contributed by atoms with Gasteiger partial charge in [0.05, 0.1) is 5.69 Å². The van der Waals surface area contributed by atoms with Crippen LogP contribution in [-0.2, 0) is 6.54 Å². The molecule has 1 aliphatic rings. The largest absolute Gasteiger partial charge is 0.314 e. The molecule has 0 saturated heterocycles. The molecule has 1 heterocycles. The van der Waals surface area contributed by atoms with E-state index in [0.717, 1.165) is 23.8 Å². The van der Waals surface area contributed by atoms with Crippen molar-refractivity contribution in [1.82, 2.24) is 15.3 Å². The minimum absolute atomic E-state index is 0.591. The number of hydrogen-bond acceptors (Lipinski definition) is 3. The van der Waals surface area contributed by atoms with Gasteiger partial charge in [-0.15, -0.1) is 0 Å². The van der Waals surface area contributed by atoms with Crippen LogP contribution in [0.1, 0.15) is 61.7 Å². The van der Waals surface area contributed by atoms with Crippen molar-refractivity contribution in [2.75, 3.05) is 7.05 Å². The van der Waals surface area contributed by atoms with Crippen molar-refractivity contribution in [3.8, 4) is 0 Å². The molecule has 3 heteroatoms. The highest BCUT2D eigenvalue weighted by molar-refractivity contribution is 5.12. The van der Waals surface area contributed by atoms with Crippen molar-refractivity contribution in [3.63, 3.8) is 0 Å². The van der Waals surface area contributed by atoms with Crippen molar-refractivity contribution < 1.29 is 0 Å². The monoisotopic (exact) mass is 233 g/mol. The van der Waals surface area contributed by atoms with Crippen LogP contribution in [0.15, 0.2) is 6.07 Å². The van der Waals surface area contributed by atoms with E-state index in [4.69, 9.17) is 4.98 Å². The van der Waals surface area contributed by atoms with E-state index < -0.39 is 0 Å². The van der Waals surface area contributed by atoms with Gasteiger partial charge in [-0.1, -0.05) is 25.7 Å². The maximum atomic E-state index is 4.72. The SMILES string of the molecule is CNCc1cc(C)nc(C2CCCCCC2)n1. The molecule has 0 aromatic carbocycles. The Kier molecular flexibility index (Phi) is 4.49. The van der Waals surface area contributed by atoms with Gasteiger partial charge in [0.25, 0.3) is 0 Å². The zero-order valence-corrected chi connectivity index (χ0v) is 11.0. The summed E-state index contributed by atoms with van der Waals surface area (Å²) >= 11 is 0. The van der Waals surface area contributed by atoms with Crippen LogP contribution in [0.25, 0.3) is 0 Å². The van der Waals surface area contributed by atoms with Gasteiger partial charge in [-0.05, 0) is 32.9 Å². The molecule has 1 saturated carbocycles. The van der Waals surface area contributed by atoms with Crippen LogP contribution in [0.2, 0.25) is 0 Å². The van der Waals surface area contributed by atoms with Crippen molar-refractivity contribution >= 4 is 0 Å². The zero-order chi connectivity index (χ0) is 12.1. The standard InChI is InChI=1S/C14H23N3/c1-11-9-13(10-15-2)17-14(16-11)12-7-5-3-4-6-8-12/h9,12,15H,3-8,10H2,1-2H3. The van der Waals surface area contributed by atoms with E-state index in [2.05, 4.69) is 23.3 Å². The second kappa shape index (κ2) is 6.10. The van der Waals surface area contributed by atoms with Crippen LogP contribution in [0, 0.1) is 6.92 Å². The van der Waals surface area contributed by atoms with Crippen LogP contribution in [0.3, 0.4) is 0 Å². The molecule has 0 amide bonds. The highest BCUT2D eigenvalue weighted by Gasteiger charge is 2.17. The molecule has 0 aliphatic heterocycles. The second-order valence-corrected chi connectivity index (χ2v) is 5.08. The highest BCUT2D eigenvalue weighted by Crippen LogP contribution is 2.29. The third-order valence-corrected chi connectivity index (χ3v) is 3.50. The Bertz CT molecular complexity index is 354. The van der Waals surface area contributed by atoms with Gasteiger partial charge in [-0.3, -0.25) is 0 Å². The van der Waals surface area contributed by atoms with Crippen molar-refractivity contribution in [1.29, 1.82) is 0 Å². The molecule has 1 N–H and O–H groups in total. The molecule has 17 heavy (non-hydrogen) atoms. The van der Waals surface area contributed by atoms with Crippen LogP contribution in [0.5, 0.6) is 0 Å². The van der Waals surface area contributed by atoms with Gasteiger partial charge in [0.1, 0.15) is 5.82 Å². The van der Waals surface area contributed by atoms with Crippen LogP contribution >= 0.6 is 0 Å². The fourth-order valence-electron chi connectivity index (χ4n) is 2.65. The lowest BCUT2D eigenvalue weighted by Crippen LogP contribution is -2.12. The van der Waals surface area contributed by atoms with E-state index >= 15 is 0 Å². The number of aromatic nitrogens is 2. The van der Waals surface area contributed by atoms with Gasteiger partial charge in [-0.25, -0.2) is 9.97 Å². The summed E-state index contributed by atoms with van der Waals surface area (Å²) in [6.45, 7) is 2.91. The Hall–Kier alpha value is -0.960. The summed E-state index contributed by atoms with van der Waals surface area (Å²) in [6.07, 6.45) is 7.97. The molecular weight excluding hydrogens is 210 g/mol. The van der Waals surface area contributed by atoms with E-state index in [1.807, 2.05) is 7.05 Å².